The number of phenols is 1. The third-order valence-corrected chi connectivity index (χ3v) is 5.95. The number of fused-ring (bicyclic) bond motifs is 6. The van der Waals surface area contributed by atoms with E-state index in [2.05, 4.69) is 4.72 Å². The van der Waals surface area contributed by atoms with Crippen LogP contribution in [-0.2, 0) is 0 Å². The first kappa shape index (κ1) is 21.3. The number of amides is 1. The summed E-state index contributed by atoms with van der Waals surface area (Å²) < 4.78 is 37.7. The average molecular weight is 463 g/mol. The highest BCUT2D eigenvalue weighted by Gasteiger charge is 2.20. The number of para-hydroxylation sites is 1. The number of hydrogen-bond donors (Lipinski definition) is 2. The molecule has 4 rings (SSSR count). The lowest BCUT2D eigenvalue weighted by Crippen LogP contribution is -2.31. The largest absolute Gasteiger partial charge is 0.505 e. The van der Waals surface area contributed by atoms with Gasteiger partial charge in [-0.3, -0.25) is 4.79 Å². The van der Waals surface area contributed by atoms with Crippen LogP contribution in [0.15, 0.2) is 53.4 Å². The Morgan fingerprint density at radius 2 is 1.90 bits per heavy atom. The number of phenolic OH excluding ortho intramolecular Hbond substituents is 1. The van der Waals surface area contributed by atoms with Gasteiger partial charge in [0, 0.05) is 29.8 Å². The van der Waals surface area contributed by atoms with Crippen LogP contribution >= 0.6 is 23.5 Å². The Hall–Kier alpha value is -2.97. The van der Waals surface area contributed by atoms with Crippen molar-refractivity contribution in [3.8, 4) is 22.6 Å². The lowest BCUT2D eigenvalue weighted by atomic mass is 10.0. The van der Waals surface area contributed by atoms with E-state index in [1.54, 1.807) is 31.3 Å². The average Bonchev–Trinajstić information content (AvgIpc) is 2.75. The SMILES string of the molecule is CN1CCOc2ccccc2-c2cc(c(F)cc2F)NSc2cc(cc(Cl)c2O)C1=O. The maximum atomic E-state index is 14.6. The maximum Gasteiger partial charge on any atom is 0.253 e. The maximum absolute atomic E-state index is 14.6. The summed E-state index contributed by atoms with van der Waals surface area (Å²) in [6.45, 7) is 0.407. The van der Waals surface area contributed by atoms with Crippen molar-refractivity contribution in [3.05, 3.63) is 70.8 Å². The molecule has 0 spiro atoms. The number of aromatic hydroxyl groups is 1. The van der Waals surface area contributed by atoms with Gasteiger partial charge < -0.3 is 19.5 Å². The molecular formula is C22H17ClF2N2O3S. The Morgan fingerprint density at radius 3 is 2.71 bits per heavy atom. The Morgan fingerprint density at radius 1 is 1.13 bits per heavy atom. The molecule has 31 heavy (non-hydrogen) atoms. The molecule has 0 saturated carbocycles. The standard InChI is InChI=1S/C22H17ClF2N2O3S/c1-27-6-7-30-19-5-3-2-4-13(19)14-10-18(17(25)11-16(14)24)26-31-20-9-12(22(27)29)8-15(23)21(20)28/h2-5,8-11,26,28H,6-7H2,1H3. The van der Waals surface area contributed by atoms with Crippen LogP contribution in [0, 0.1) is 11.6 Å². The number of nitrogens with zero attached hydrogens (tertiary/aromatic N) is 1. The van der Waals surface area contributed by atoms with E-state index in [-0.39, 0.29) is 51.5 Å². The van der Waals surface area contributed by atoms with Gasteiger partial charge in [0.05, 0.1) is 22.2 Å². The van der Waals surface area contributed by atoms with Gasteiger partial charge in [0.25, 0.3) is 5.91 Å². The second-order valence-electron chi connectivity index (χ2n) is 6.89. The minimum atomic E-state index is -0.811. The van der Waals surface area contributed by atoms with Crippen LogP contribution in [0.3, 0.4) is 0 Å². The van der Waals surface area contributed by atoms with Crippen molar-refractivity contribution in [1.82, 2.24) is 4.90 Å². The van der Waals surface area contributed by atoms with Gasteiger partial charge in [-0.2, -0.15) is 0 Å². The van der Waals surface area contributed by atoms with Crippen molar-refractivity contribution in [2.24, 2.45) is 0 Å². The fraction of sp³-hybridized carbons (Fsp3) is 0.136. The lowest BCUT2D eigenvalue weighted by molar-refractivity contribution is 0.0773. The third kappa shape index (κ3) is 4.26. The summed E-state index contributed by atoms with van der Waals surface area (Å²) in [6.07, 6.45) is 0. The van der Waals surface area contributed by atoms with Gasteiger partial charge in [-0.05, 0) is 36.2 Å². The molecule has 3 aromatic carbocycles. The quantitative estimate of drug-likeness (QED) is 0.427. The molecule has 0 radical (unpaired) electrons. The summed E-state index contributed by atoms with van der Waals surface area (Å²) in [7, 11) is 1.61. The van der Waals surface area contributed by atoms with Gasteiger partial charge >= 0.3 is 0 Å². The van der Waals surface area contributed by atoms with Gasteiger partial charge in [-0.1, -0.05) is 29.8 Å². The zero-order valence-corrected chi connectivity index (χ0v) is 17.9. The van der Waals surface area contributed by atoms with E-state index < -0.39 is 11.6 Å². The molecule has 0 atom stereocenters. The molecule has 0 aromatic heterocycles. The highest BCUT2D eigenvalue weighted by atomic mass is 35.5. The fourth-order valence-electron chi connectivity index (χ4n) is 3.15. The predicted molar refractivity (Wildman–Crippen MR) is 117 cm³/mol. The number of likely N-dealkylation sites (N-methyl/N-ethyl adjacent to an activating group) is 1. The highest BCUT2D eigenvalue weighted by molar-refractivity contribution is 8.00. The van der Waals surface area contributed by atoms with Crippen LogP contribution in [0.5, 0.6) is 11.5 Å². The monoisotopic (exact) mass is 462 g/mol. The Balaban J connectivity index is 1.84. The number of benzene rings is 3. The van der Waals surface area contributed by atoms with Crippen molar-refractivity contribution >= 4 is 35.1 Å². The van der Waals surface area contributed by atoms with Crippen molar-refractivity contribution in [2.45, 2.75) is 4.90 Å². The summed E-state index contributed by atoms with van der Waals surface area (Å²) >= 11 is 6.95. The van der Waals surface area contributed by atoms with Crippen molar-refractivity contribution in [2.75, 3.05) is 24.9 Å². The number of hydrogen-bond acceptors (Lipinski definition) is 5. The zero-order chi connectivity index (χ0) is 22.1. The lowest BCUT2D eigenvalue weighted by Gasteiger charge is -2.19. The third-order valence-electron chi connectivity index (χ3n) is 4.81. The number of halogens is 3. The van der Waals surface area contributed by atoms with Gasteiger partial charge in [0.1, 0.15) is 29.7 Å². The first-order valence-corrected chi connectivity index (χ1v) is 10.5. The molecule has 0 aliphatic carbocycles. The normalized spacial score (nSPS) is 14.1. The molecule has 1 aliphatic rings. The first-order valence-electron chi connectivity index (χ1n) is 9.27. The molecule has 1 amide bonds. The van der Waals surface area contributed by atoms with Gasteiger partial charge in [0.2, 0.25) is 0 Å². The number of anilines is 1. The van der Waals surface area contributed by atoms with Crippen molar-refractivity contribution in [3.63, 3.8) is 0 Å². The Bertz CT molecular complexity index is 1180. The van der Waals surface area contributed by atoms with E-state index in [9.17, 15) is 18.7 Å². The van der Waals surface area contributed by atoms with Crippen LogP contribution in [0.1, 0.15) is 10.4 Å². The summed E-state index contributed by atoms with van der Waals surface area (Å²) in [6, 6.07) is 11.8. The Kier molecular flexibility index (Phi) is 5.93. The minimum absolute atomic E-state index is 0.00422. The van der Waals surface area contributed by atoms with Crippen LogP contribution < -0.4 is 9.46 Å². The fourth-order valence-corrected chi connectivity index (χ4v) is 4.19. The van der Waals surface area contributed by atoms with E-state index in [0.29, 0.717) is 11.3 Å². The first-order chi connectivity index (χ1) is 14.8. The number of ether oxygens (including phenoxy) is 1. The number of carbonyl (C=O) groups is 1. The molecule has 5 nitrogen and oxygen atoms in total. The topological polar surface area (TPSA) is 61.8 Å². The highest BCUT2D eigenvalue weighted by Crippen LogP contribution is 2.39. The molecular weight excluding hydrogens is 446 g/mol. The van der Waals surface area contributed by atoms with Crippen LogP contribution in [0.25, 0.3) is 11.1 Å². The van der Waals surface area contributed by atoms with Crippen molar-refractivity contribution < 1.29 is 23.4 Å². The second kappa shape index (κ2) is 8.64. The van der Waals surface area contributed by atoms with E-state index >= 15 is 0 Å². The van der Waals surface area contributed by atoms with Crippen LogP contribution in [0.4, 0.5) is 14.5 Å². The second-order valence-corrected chi connectivity index (χ2v) is 8.15. The molecule has 9 heteroatoms. The number of nitrogens with one attached hydrogen (secondary N) is 1. The zero-order valence-electron chi connectivity index (χ0n) is 16.3. The number of rotatable bonds is 0. The van der Waals surface area contributed by atoms with E-state index in [4.69, 9.17) is 16.3 Å². The molecule has 0 unspecified atom stereocenters. The molecule has 1 heterocycles. The van der Waals surface area contributed by atoms with E-state index in [0.717, 1.165) is 18.0 Å². The van der Waals surface area contributed by atoms with E-state index in [1.807, 2.05) is 0 Å². The van der Waals surface area contributed by atoms with Crippen molar-refractivity contribution in [1.29, 1.82) is 0 Å². The molecule has 1 aliphatic heterocycles. The molecule has 160 valence electrons. The summed E-state index contributed by atoms with van der Waals surface area (Å²) in [5, 5.41) is 10.3. The minimum Gasteiger partial charge on any atom is -0.505 e. The van der Waals surface area contributed by atoms with E-state index in [1.165, 1.54) is 23.1 Å². The van der Waals surface area contributed by atoms with Gasteiger partial charge in [-0.25, -0.2) is 8.78 Å². The molecule has 4 bridgehead atoms. The Labute approximate surface area is 186 Å². The van der Waals surface area contributed by atoms with Crippen LogP contribution in [-0.4, -0.2) is 36.1 Å². The van der Waals surface area contributed by atoms with Crippen LogP contribution in [0.2, 0.25) is 5.02 Å². The molecule has 0 fully saturated rings. The van der Waals surface area contributed by atoms with Gasteiger partial charge in [-0.15, -0.1) is 0 Å². The summed E-state index contributed by atoms with van der Waals surface area (Å²) in [5.74, 6) is -1.72. The summed E-state index contributed by atoms with van der Waals surface area (Å²) in [4.78, 5) is 14.5. The molecule has 0 saturated heterocycles. The molecule has 3 aromatic rings. The number of carbonyl (C=O) groups excluding carboxylic acids is 1. The smallest absolute Gasteiger partial charge is 0.253 e. The predicted octanol–water partition coefficient (Wildman–Crippen LogP) is 5.57. The molecule has 2 N–H and O–H groups in total. The summed E-state index contributed by atoms with van der Waals surface area (Å²) in [5.41, 5.74) is 0.847. The van der Waals surface area contributed by atoms with Gasteiger partial charge in [0.15, 0.2) is 0 Å².